The van der Waals surface area contributed by atoms with Crippen molar-refractivity contribution >= 4 is 22.7 Å². The molecule has 0 radical (unpaired) electrons. The summed E-state index contributed by atoms with van der Waals surface area (Å²) >= 11 is 1.52. The first-order valence-electron chi connectivity index (χ1n) is 3.87. The van der Waals surface area contributed by atoms with E-state index in [1.165, 1.54) is 17.8 Å². The third-order valence-electron chi connectivity index (χ3n) is 1.90. The average Bonchev–Trinajstić information content (AvgIpc) is 2.46. The van der Waals surface area contributed by atoms with E-state index in [9.17, 15) is 4.39 Å². The zero-order valence-electron chi connectivity index (χ0n) is 7.41. The van der Waals surface area contributed by atoms with Gasteiger partial charge in [-0.2, -0.15) is 5.10 Å². The molecule has 0 saturated heterocycles. The van der Waals surface area contributed by atoms with Crippen LogP contribution in [0.15, 0.2) is 23.2 Å². The van der Waals surface area contributed by atoms with Crippen LogP contribution in [0.2, 0.25) is 0 Å². The topological polar surface area (TPSA) is 17.8 Å². The predicted molar refractivity (Wildman–Crippen MR) is 52.5 cm³/mol. The lowest BCUT2D eigenvalue weighted by Crippen LogP contribution is -1.84. The van der Waals surface area contributed by atoms with Crippen LogP contribution >= 0.6 is 11.8 Å². The number of aromatic nitrogens is 2. The predicted octanol–water partition coefficient (Wildman–Crippen LogP) is 2.43. The first-order chi connectivity index (χ1) is 6.20. The number of rotatable bonds is 1. The number of hydrogen-bond acceptors (Lipinski definition) is 2. The third-order valence-corrected chi connectivity index (χ3v) is 2.61. The van der Waals surface area contributed by atoms with E-state index in [4.69, 9.17) is 0 Å². The summed E-state index contributed by atoms with van der Waals surface area (Å²) < 4.78 is 15.0. The fourth-order valence-corrected chi connectivity index (χ4v) is 1.74. The van der Waals surface area contributed by atoms with Crippen LogP contribution in [0.1, 0.15) is 0 Å². The largest absolute Gasteiger partial charge is 0.274 e. The number of halogens is 1. The van der Waals surface area contributed by atoms with Gasteiger partial charge in [-0.3, -0.25) is 4.68 Å². The Morgan fingerprint density at radius 1 is 1.46 bits per heavy atom. The quantitative estimate of drug-likeness (QED) is 0.652. The van der Waals surface area contributed by atoms with E-state index in [1.54, 1.807) is 17.9 Å². The zero-order valence-corrected chi connectivity index (χ0v) is 8.23. The molecule has 0 aliphatic heterocycles. The SMILES string of the molecule is CSc1cc(F)c2cn(C)nc2c1. The average molecular weight is 196 g/mol. The van der Waals surface area contributed by atoms with E-state index in [-0.39, 0.29) is 5.82 Å². The summed E-state index contributed by atoms with van der Waals surface area (Å²) in [6.45, 7) is 0. The van der Waals surface area contributed by atoms with Gasteiger partial charge in [-0.05, 0) is 18.4 Å². The Bertz CT molecular complexity index is 450. The van der Waals surface area contributed by atoms with E-state index >= 15 is 0 Å². The summed E-state index contributed by atoms with van der Waals surface area (Å²) in [7, 11) is 1.79. The minimum Gasteiger partial charge on any atom is -0.274 e. The van der Waals surface area contributed by atoms with Crippen molar-refractivity contribution in [2.24, 2.45) is 7.05 Å². The van der Waals surface area contributed by atoms with Crippen molar-refractivity contribution < 1.29 is 4.39 Å². The Kier molecular flexibility index (Phi) is 2.00. The monoisotopic (exact) mass is 196 g/mol. The first-order valence-corrected chi connectivity index (χ1v) is 5.10. The number of hydrogen-bond donors (Lipinski definition) is 0. The summed E-state index contributed by atoms with van der Waals surface area (Å²) in [6, 6.07) is 3.43. The van der Waals surface area contributed by atoms with Crippen molar-refractivity contribution in [2.45, 2.75) is 4.90 Å². The van der Waals surface area contributed by atoms with Crippen LogP contribution in [0, 0.1) is 5.82 Å². The van der Waals surface area contributed by atoms with Crippen LogP contribution < -0.4 is 0 Å². The summed E-state index contributed by atoms with van der Waals surface area (Å²) in [5.41, 5.74) is 0.715. The summed E-state index contributed by atoms with van der Waals surface area (Å²) in [5.74, 6) is -0.199. The first kappa shape index (κ1) is 8.56. The summed E-state index contributed by atoms with van der Waals surface area (Å²) in [4.78, 5) is 0.906. The van der Waals surface area contributed by atoms with Gasteiger partial charge in [0.25, 0.3) is 0 Å². The van der Waals surface area contributed by atoms with Gasteiger partial charge in [0.2, 0.25) is 0 Å². The normalized spacial score (nSPS) is 11.0. The van der Waals surface area contributed by atoms with Gasteiger partial charge in [0.15, 0.2) is 0 Å². The smallest absolute Gasteiger partial charge is 0.135 e. The van der Waals surface area contributed by atoms with Crippen LogP contribution in [0.5, 0.6) is 0 Å². The molecule has 0 aliphatic carbocycles. The maximum absolute atomic E-state index is 13.4. The molecular weight excluding hydrogens is 187 g/mol. The van der Waals surface area contributed by atoms with Crippen LogP contribution in [0.4, 0.5) is 4.39 Å². The van der Waals surface area contributed by atoms with Gasteiger partial charge in [-0.25, -0.2) is 4.39 Å². The highest BCUT2D eigenvalue weighted by atomic mass is 32.2. The third kappa shape index (κ3) is 1.42. The second kappa shape index (κ2) is 3.03. The lowest BCUT2D eigenvalue weighted by Gasteiger charge is -1.95. The van der Waals surface area contributed by atoms with Crippen molar-refractivity contribution in [2.75, 3.05) is 6.26 Å². The zero-order chi connectivity index (χ0) is 9.42. The lowest BCUT2D eigenvalue weighted by molar-refractivity contribution is 0.636. The maximum atomic E-state index is 13.4. The van der Waals surface area contributed by atoms with Crippen molar-refractivity contribution in [1.82, 2.24) is 9.78 Å². The standard InChI is InChI=1S/C9H9FN2S/c1-12-5-7-8(10)3-6(13-2)4-9(7)11-12/h3-5H,1-2H3. The summed E-state index contributed by atoms with van der Waals surface area (Å²) in [6.07, 6.45) is 3.61. The number of benzene rings is 1. The fraction of sp³-hybridized carbons (Fsp3) is 0.222. The number of aryl methyl sites for hydroxylation is 1. The molecule has 1 heterocycles. The van der Waals surface area contributed by atoms with Crippen LogP contribution in [0.3, 0.4) is 0 Å². The molecule has 0 spiro atoms. The van der Waals surface area contributed by atoms with E-state index < -0.39 is 0 Å². The van der Waals surface area contributed by atoms with E-state index in [0.29, 0.717) is 10.9 Å². The molecule has 0 atom stereocenters. The van der Waals surface area contributed by atoms with Crippen molar-refractivity contribution in [1.29, 1.82) is 0 Å². The van der Waals surface area contributed by atoms with Crippen LogP contribution in [-0.2, 0) is 7.05 Å². The molecular formula is C9H9FN2S. The van der Waals surface area contributed by atoms with Gasteiger partial charge in [-0.1, -0.05) is 0 Å². The minimum atomic E-state index is -0.199. The molecule has 0 fully saturated rings. The van der Waals surface area contributed by atoms with Crippen LogP contribution in [-0.4, -0.2) is 16.0 Å². The molecule has 0 N–H and O–H groups in total. The molecule has 0 aliphatic rings. The summed E-state index contributed by atoms with van der Waals surface area (Å²) in [5, 5.41) is 4.73. The molecule has 2 rings (SSSR count). The van der Waals surface area contributed by atoms with Gasteiger partial charge >= 0.3 is 0 Å². The van der Waals surface area contributed by atoms with Crippen LogP contribution in [0.25, 0.3) is 10.9 Å². The molecule has 2 aromatic rings. The highest BCUT2D eigenvalue weighted by Crippen LogP contribution is 2.23. The number of fused-ring (bicyclic) bond motifs is 1. The molecule has 0 unspecified atom stereocenters. The van der Waals surface area contributed by atoms with E-state index in [2.05, 4.69) is 5.10 Å². The second-order valence-corrected chi connectivity index (χ2v) is 3.72. The fourth-order valence-electron chi connectivity index (χ4n) is 1.29. The highest BCUT2D eigenvalue weighted by Gasteiger charge is 2.06. The van der Waals surface area contributed by atoms with Gasteiger partial charge < -0.3 is 0 Å². The second-order valence-electron chi connectivity index (χ2n) is 2.84. The molecule has 0 saturated carbocycles. The molecule has 13 heavy (non-hydrogen) atoms. The number of nitrogens with zero attached hydrogens (tertiary/aromatic N) is 2. The van der Waals surface area contributed by atoms with E-state index in [0.717, 1.165) is 4.90 Å². The molecule has 1 aromatic heterocycles. The van der Waals surface area contributed by atoms with Gasteiger partial charge in [0, 0.05) is 18.1 Å². The highest BCUT2D eigenvalue weighted by molar-refractivity contribution is 7.98. The Labute approximate surface area is 79.7 Å². The molecule has 0 amide bonds. The van der Waals surface area contributed by atoms with Crippen molar-refractivity contribution in [3.8, 4) is 0 Å². The van der Waals surface area contributed by atoms with Gasteiger partial charge in [0.1, 0.15) is 5.82 Å². The number of thioether (sulfide) groups is 1. The van der Waals surface area contributed by atoms with Gasteiger partial charge in [0.05, 0.1) is 10.9 Å². The van der Waals surface area contributed by atoms with Crippen molar-refractivity contribution in [3.05, 3.63) is 24.1 Å². The molecule has 4 heteroatoms. The Balaban J connectivity index is 2.75. The minimum absolute atomic E-state index is 0.199. The molecule has 0 bridgehead atoms. The van der Waals surface area contributed by atoms with Crippen molar-refractivity contribution in [3.63, 3.8) is 0 Å². The van der Waals surface area contributed by atoms with Gasteiger partial charge in [-0.15, -0.1) is 11.8 Å². The lowest BCUT2D eigenvalue weighted by atomic mass is 10.2. The van der Waals surface area contributed by atoms with E-state index in [1.807, 2.05) is 12.3 Å². The maximum Gasteiger partial charge on any atom is 0.135 e. The Morgan fingerprint density at radius 2 is 2.23 bits per heavy atom. The molecule has 68 valence electrons. The molecule has 1 aromatic carbocycles. The Morgan fingerprint density at radius 3 is 2.92 bits per heavy atom. The Hall–Kier alpha value is -1.03. The molecule has 2 nitrogen and oxygen atoms in total.